The van der Waals surface area contributed by atoms with Gasteiger partial charge in [-0.1, -0.05) is 35.3 Å². The van der Waals surface area contributed by atoms with Crippen molar-refractivity contribution < 1.29 is 19.1 Å². The van der Waals surface area contributed by atoms with E-state index in [1.54, 1.807) is 81.4 Å². The monoisotopic (exact) mass is 524 g/mol. The zero-order chi connectivity index (χ0) is 26.3. The molecule has 0 spiro atoms. The van der Waals surface area contributed by atoms with Gasteiger partial charge in [-0.25, -0.2) is 0 Å². The Labute approximate surface area is 220 Å². The highest BCUT2D eigenvalue weighted by Crippen LogP contribution is 2.27. The maximum absolute atomic E-state index is 12.5. The van der Waals surface area contributed by atoms with Crippen LogP contribution in [0.5, 0.6) is 11.5 Å². The summed E-state index contributed by atoms with van der Waals surface area (Å²) in [6.45, 7) is 5.78. The SMILES string of the molecule is CC(C)(C)OC(=O)Cc1ccc(Oc2ccc(C(=O)NCCc3c(Cl)cccc3Cl)cc2)c(C#N)c1. The van der Waals surface area contributed by atoms with Crippen molar-refractivity contribution in [3.63, 3.8) is 0 Å². The van der Waals surface area contributed by atoms with Crippen molar-refractivity contribution in [2.45, 2.75) is 39.2 Å². The maximum Gasteiger partial charge on any atom is 0.310 e. The number of hydrogen-bond donors (Lipinski definition) is 1. The van der Waals surface area contributed by atoms with Crippen molar-refractivity contribution in [2.75, 3.05) is 6.54 Å². The molecule has 0 unspecified atom stereocenters. The highest BCUT2D eigenvalue weighted by atomic mass is 35.5. The van der Waals surface area contributed by atoms with Gasteiger partial charge < -0.3 is 14.8 Å². The van der Waals surface area contributed by atoms with Gasteiger partial charge >= 0.3 is 5.97 Å². The number of halogens is 2. The van der Waals surface area contributed by atoms with Crippen molar-refractivity contribution in [3.05, 3.63) is 93.0 Å². The molecule has 0 radical (unpaired) electrons. The molecule has 0 saturated carbocycles. The molecule has 0 aliphatic rings. The molecule has 0 bridgehead atoms. The first kappa shape index (κ1) is 27.1. The standard InChI is InChI=1S/C28H26Cl2N2O4/c1-28(2,3)36-26(33)16-18-7-12-25(20(15-18)17-31)35-21-10-8-19(9-11-21)27(34)32-14-13-22-23(29)5-4-6-24(22)30/h4-12,15H,13-14,16H2,1-3H3,(H,32,34). The average molecular weight is 525 g/mol. The lowest BCUT2D eigenvalue weighted by Gasteiger charge is -2.19. The van der Waals surface area contributed by atoms with Gasteiger partial charge in [0.2, 0.25) is 0 Å². The Morgan fingerprint density at radius 1 is 1.00 bits per heavy atom. The van der Waals surface area contributed by atoms with Gasteiger partial charge in [-0.05, 0) is 86.8 Å². The molecule has 0 heterocycles. The van der Waals surface area contributed by atoms with Crippen LogP contribution < -0.4 is 10.1 Å². The van der Waals surface area contributed by atoms with Crippen LogP contribution in [-0.2, 0) is 22.4 Å². The van der Waals surface area contributed by atoms with E-state index in [2.05, 4.69) is 11.4 Å². The van der Waals surface area contributed by atoms with Crippen LogP contribution in [0, 0.1) is 11.3 Å². The molecule has 3 rings (SSSR count). The molecule has 36 heavy (non-hydrogen) atoms. The Kier molecular flexibility index (Phi) is 8.98. The van der Waals surface area contributed by atoms with Gasteiger partial charge in [0, 0.05) is 22.2 Å². The van der Waals surface area contributed by atoms with E-state index in [1.165, 1.54) is 0 Å². The fraction of sp³-hybridized carbons (Fsp3) is 0.250. The summed E-state index contributed by atoms with van der Waals surface area (Å²) in [5.74, 6) is 0.197. The third-order valence-corrected chi connectivity index (χ3v) is 5.71. The predicted octanol–water partition coefficient (Wildman–Crippen LogP) is 6.51. The minimum absolute atomic E-state index is 0.0543. The van der Waals surface area contributed by atoms with E-state index in [-0.39, 0.29) is 23.9 Å². The van der Waals surface area contributed by atoms with Crippen molar-refractivity contribution in [2.24, 2.45) is 0 Å². The van der Waals surface area contributed by atoms with Gasteiger partial charge in [-0.2, -0.15) is 5.26 Å². The fourth-order valence-electron chi connectivity index (χ4n) is 3.38. The van der Waals surface area contributed by atoms with E-state index in [0.29, 0.717) is 45.6 Å². The second kappa shape index (κ2) is 11.9. The van der Waals surface area contributed by atoms with Crippen molar-refractivity contribution >= 4 is 35.1 Å². The number of carbonyl (C=O) groups excluding carboxylic acids is 2. The lowest BCUT2D eigenvalue weighted by atomic mass is 10.1. The summed E-state index contributed by atoms with van der Waals surface area (Å²) >= 11 is 12.3. The molecule has 0 atom stereocenters. The van der Waals surface area contributed by atoms with Crippen LogP contribution in [-0.4, -0.2) is 24.0 Å². The fourth-order valence-corrected chi connectivity index (χ4v) is 3.97. The Hall–Kier alpha value is -3.53. The van der Waals surface area contributed by atoms with Gasteiger partial charge in [0.15, 0.2) is 0 Å². The van der Waals surface area contributed by atoms with Gasteiger partial charge in [0.25, 0.3) is 5.91 Å². The van der Waals surface area contributed by atoms with E-state index < -0.39 is 5.60 Å². The number of nitrogens with one attached hydrogen (secondary N) is 1. The smallest absolute Gasteiger partial charge is 0.310 e. The molecular weight excluding hydrogens is 499 g/mol. The molecule has 0 saturated heterocycles. The molecule has 0 aliphatic carbocycles. The molecule has 3 aromatic rings. The highest BCUT2D eigenvalue weighted by Gasteiger charge is 2.17. The van der Waals surface area contributed by atoms with Crippen LogP contribution in [0.2, 0.25) is 10.0 Å². The summed E-state index contributed by atoms with van der Waals surface area (Å²) in [5.41, 5.74) is 1.61. The van der Waals surface area contributed by atoms with Crippen molar-refractivity contribution in [1.82, 2.24) is 5.32 Å². The number of hydrogen-bond acceptors (Lipinski definition) is 5. The quantitative estimate of drug-likeness (QED) is 0.339. The number of benzene rings is 3. The van der Waals surface area contributed by atoms with E-state index in [1.807, 2.05) is 0 Å². The van der Waals surface area contributed by atoms with Crippen LogP contribution in [0.3, 0.4) is 0 Å². The van der Waals surface area contributed by atoms with Crippen LogP contribution in [0.15, 0.2) is 60.7 Å². The molecule has 8 heteroatoms. The Bertz CT molecular complexity index is 1270. The summed E-state index contributed by atoms with van der Waals surface area (Å²) in [6, 6.07) is 18.9. The second-order valence-corrected chi connectivity index (χ2v) is 9.85. The van der Waals surface area contributed by atoms with Gasteiger partial charge in [-0.15, -0.1) is 0 Å². The number of nitriles is 1. The second-order valence-electron chi connectivity index (χ2n) is 9.04. The first-order valence-corrected chi connectivity index (χ1v) is 12.0. The zero-order valence-electron chi connectivity index (χ0n) is 20.2. The third kappa shape index (κ3) is 7.74. The van der Waals surface area contributed by atoms with Crippen LogP contribution in [0.25, 0.3) is 0 Å². The summed E-state index contributed by atoms with van der Waals surface area (Å²) in [7, 11) is 0. The minimum atomic E-state index is -0.579. The number of ether oxygens (including phenoxy) is 2. The van der Waals surface area contributed by atoms with Crippen molar-refractivity contribution in [1.29, 1.82) is 5.26 Å². The Balaban J connectivity index is 1.59. The lowest BCUT2D eigenvalue weighted by molar-refractivity contribution is -0.153. The molecule has 0 aliphatic heterocycles. The van der Waals surface area contributed by atoms with Gasteiger partial charge in [0.05, 0.1) is 12.0 Å². The number of nitrogens with zero attached hydrogens (tertiary/aromatic N) is 1. The topological polar surface area (TPSA) is 88.4 Å². The van der Waals surface area contributed by atoms with E-state index >= 15 is 0 Å². The van der Waals surface area contributed by atoms with E-state index in [0.717, 1.165) is 5.56 Å². The van der Waals surface area contributed by atoms with Crippen LogP contribution in [0.4, 0.5) is 0 Å². The summed E-state index contributed by atoms with van der Waals surface area (Å²) < 4.78 is 11.2. The molecule has 6 nitrogen and oxygen atoms in total. The Morgan fingerprint density at radius 3 is 2.28 bits per heavy atom. The number of carbonyl (C=O) groups is 2. The third-order valence-electron chi connectivity index (χ3n) is 5.00. The normalized spacial score (nSPS) is 10.9. The summed E-state index contributed by atoms with van der Waals surface area (Å²) in [5, 5.41) is 13.5. The van der Waals surface area contributed by atoms with Crippen molar-refractivity contribution in [3.8, 4) is 17.6 Å². The Morgan fingerprint density at radius 2 is 1.67 bits per heavy atom. The largest absolute Gasteiger partial charge is 0.460 e. The first-order valence-electron chi connectivity index (χ1n) is 11.3. The average Bonchev–Trinajstić information content (AvgIpc) is 2.81. The van der Waals surface area contributed by atoms with Gasteiger partial charge in [-0.3, -0.25) is 9.59 Å². The summed E-state index contributed by atoms with van der Waals surface area (Å²) in [6.07, 6.45) is 0.561. The molecule has 0 aromatic heterocycles. The lowest BCUT2D eigenvalue weighted by Crippen LogP contribution is -2.25. The molecule has 186 valence electrons. The predicted molar refractivity (Wildman–Crippen MR) is 140 cm³/mol. The first-order chi connectivity index (χ1) is 17.1. The van der Waals surface area contributed by atoms with E-state index in [9.17, 15) is 14.9 Å². The molecule has 1 N–H and O–H groups in total. The maximum atomic E-state index is 12.5. The highest BCUT2D eigenvalue weighted by molar-refractivity contribution is 6.36. The minimum Gasteiger partial charge on any atom is -0.460 e. The molecular formula is C28H26Cl2N2O4. The van der Waals surface area contributed by atoms with Crippen LogP contribution >= 0.6 is 23.2 Å². The number of amides is 1. The molecule has 0 fully saturated rings. The van der Waals surface area contributed by atoms with Crippen LogP contribution in [0.1, 0.15) is 47.8 Å². The van der Waals surface area contributed by atoms with E-state index in [4.69, 9.17) is 32.7 Å². The number of esters is 1. The van der Waals surface area contributed by atoms with Gasteiger partial charge in [0.1, 0.15) is 23.2 Å². The molecule has 3 aromatic carbocycles. The molecule has 1 amide bonds. The zero-order valence-corrected chi connectivity index (χ0v) is 21.7. The number of rotatable bonds is 8. The summed E-state index contributed by atoms with van der Waals surface area (Å²) in [4.78, 5) is 24.6.